The highest BCUT2D eigenvalue weighted by molar-refractivity contribution is 7.14. The summed E-state index contributed by atoms with van der Waals surface area (Å²) in [6.45, 7) is 1.72. The molecular weight excluding hydrogens is 386 g/mol. The maximum atomic E-state index is 13.9. The standard InChI is InChI=1S/C19H12F2N4O2S/c1-10-22-18(27-25-10)12-4-2-11(3-5-12)17(26)24-19-23-16(9-28-19)14-8-13(20)6-7-15(14)21/h2-9H,1H3,(H,23,24,26). The molecule has 1 N–H and O–H groups in total. The summed E-state index contributed by atoms with van der Waals surface area (Å²) in [5, 5.41) is 8.20. The molecule has 4 aromatic rings. The number of benzene rings is 2. The van der Waals surface area contributed by atoms with Gasteiger partial charge < -0.3 is 4.52 Å². The second-order valence-corrected chi connectivity index (χ2v) is 6.70. The summed E-state index contributed by atoms with van der Waals surface area (Å²) in [4.78, 5) is 20.7. The van der Waals surface area contributed by atoms with Crippen LogP contribution in [0.15, 0.2) is 52.4 Å². The van der Waals surface area contributed by atoms with E-state index in [2.05, 4.69) is 20.4 Å². The number of hydrogen-bond donors (Lipinski definition) is 1. The minimum atomic E-state index is -0.587. The number of nitrogens with one attached hydrogen (secondary N) is 1. The van der Waals surface area contributed by atoms with Crippen molar-refractivity contribution >= 4 is 22.4 Å². The maximum Gasteiger partial charge on any atom is 0.257 e. The van der Waals surface area contributed by atoms with Crippen molar-refractivity contribution in [2.75, 3.05) is 5.32 Å². The number of rotatable bonds is 4. The number of carbonyl (C=O) groups excluding carboxylic acids is 1. The monoisotopic (exact) mass is 398 g/mol. The molecule has 140 valence electrons. The maximum absolute atomic E-state index is 13.9. The van der Waals surface area contributed by atoms with Gasteiger partial charge in [0.25, 0.3) is 11.8 Å². The van der Waals surface area contributed by atoms with Gasteiger partial charge >= 0.3 is 0 Å². The smallest absolute Gasteiger partial charge is 0.257 e. The summed E-state index contributed by atoms with van der Waals surface area (Å²) >= 11 is 1.12. The zero-order valence-electron chi connectivity index (χ0n) is 14.4. The highest BCUT2D eigenvalue weighted by Gasteiger charge is 2.14. The molecule has 28 heavy (non-hydrogen) atoms. The molecule has 0 saturated heterocycles. The summed E-state index contributed by atoms with van der Waals surface area (Å²) < 4.78 is 32.3. The Morgan fingerprint density at radius 1 is 1.11 bits per heavy atom. The van der Waals surface area contributed by atoms with E-state index in [0.717, 1.165) is 29.5 Å². The number of anilines is 1. The Morgan fingerprint density at radius 3 is 2.61 bits per heavy atom. The van der Waals surface area contributed by atoms with Crippen molar-refractivity contribution < 1.29 is 18.1 Å². The molecule has 2 aromatic heterocycles. The van der Waals surface area contributed by atoms with Gasteiger partial charge in [0.15, 0.2) is 11.0 Å². The van der Waals surface area contributed by atoms with Crippen molar-refractivity contribution in [3.8, 4) is 22.7 Å². The van der Waals surface area contributed by atoms with Gasteiger partial charge in [-0.3, -0.25) is 10.1 Å². The van der Waals surface area contributed by atoms with Crippen molar-refractivity contribution in [3.05, 3.63) is 70.9 Å². The fourth-order valence-corrected chi connectivity index (χ4v) is 3.20. The van der Waals surface area contributed by atoms with E-state index in [9.17, 15) is 13.6 Å². The highest BCUT2D eigenvalue weighted by Crippen LogP contribution is 2.28. The lowest BCUT2D eigenvalue weighted by atomic mass is 10.1. The van der Waals surface area contributed by atoms with E-state index in [1.807, 2.05) is 0 Å². The van der Waals surface area contributed by atoms with Gasteiger partial charge in [0, 0.05) is 22.1 Å². The van der Waals surface area contributed by atoms with Crippen LogP contribution in [-0.2, 0) is 0 Å². The van der Waals surface area contributed by atoms with E-state index in [4.69, 9.17) is 4.52 Å². The molecular formula is C19H12F2N4O2S. The molecule has 0 aliphatic heterocycles. The average Bonchev–Trinajstić information content (AvgIpc) is 3.33. The van der Waals surface area contributed by atoms with Crippen molar-refractivity contribution in [1.29, 1.82) is 0 Å². The predicted octanol–water partition coefficient (Wildman–Crippen LogP) is 4.70. The Bertz CT molecular complexity index is 1150. The fraction of sp³-hybridized carbons (Fsp3) is 0.0526. The molecule has 2 aromatic carbocycles. The van der Waals surface area contributed by atoms with Gasteiger partial charge in [-0.15, -0.1) is 11.3 Å². The Kier molecular flexibility index (Phi) is 4.66. The number of aromatic nitrogens is 3. The SMILES string of the molecule is Cc1noc(-c2ccc(C(=O)Nc3nc(-c4cc(F)ccc4F)cs3)cc2)n1. The minimum Gasteiger partial charge on any atom is -0.334 e. The third kappa shape index (κ3) is 3.65. The average molecular weight is 398 g/mol. The minimum absolute atomic E-state index is 0.0379. The van der Waals surface area contributed by atoms with Gasteiger partial charge in [-0.1, -0.05) is 5.16 Å². The first-order chi connectivity index (χ1) is 13.5. The fourth-order valence-electron chi connectivity index (χ4n) is 2.50. The van der Waals surface area contributed by atoms with Crippen LogP contribution in [-0.4, -0.2) is 21.0 Å². The molecule has 0 unspecified atom stereocenters. The second-order valence-electron chi connectivity index (χ2n) is 5.84. The van der Waals surface area contributed by atoms with E-state index in [1.54, 1.807) is 36.6 Å². The molecule has 0 fully saturated rings. The van der Waals surface area contributed by atoms with Crippen molar-refractivity contribution in [1.82, 2.24) is 15.1 Å². The van der Waals surface area contributed by atoms with E-state index >= 15 is 0 Å². The van der Waals surface area contributed by atoms with Crippen LogP contribution in [0.3, 0.4) is 0 Å². The number of thiazole rings is 1. The van der Waals surface area contributed by atoms with Crippen LogP contribution in [0.1, 0.15) is 16.2 Å². The highest BCUT2D eigenvalue weighted by atomic mass is 32.1. The number of halogens is 2. The number of nitrogens with zero attached hydrogens (tertiary/aromatic N) is 3. The summed E-state index contributed by atoms with van der Waals surface area (Å²) in [5.74, 6) is -0.644. The van der Waals surface area contributed by atoms with Crippen LogP contribution in [0.25, 0.3) is 22.7 Å². The Hall–Kier alpha value is -3.46. The van der Waals surface area contributed by atoms with Crippen molar-refractivity contribution in [2.45, 2.75) is 6.92 Å². The van der Waals surface area contributed by atoms with E-state index in [-0.39, 0.29) is 22.3 Å². The number of hydrogen-bond acceptors (Lipinski definition) is 6. The first-order valence-electron chi connectivity index (χ1n) is 8.12. The summed E-state index contributed by atoms with van der Waals surface area (Å²) in [6, 6.07) is 9.75. The molecule has 2 heterocycles. The molecule has 9 heteroatoms. The molecule has 0 aliphatic carbocycles. The first-order valence-corrected chi connectivity index (χ1v) is 9.00. The van der Waals surface area contributed by atoms with Crippen LogP contribution >= 0.6 is 11.3 Å². The Labute approximate surface area is 161 Å². The number of carbonyl (C=O) groups is 1. The van der Waals surface area contributed by atoms with Gasteiger partial charge in [-0.2, -0.15) is 4.98 Å². The van der Waals surface area contributed by atoms with Crippen molar-refractivity contribution in [2.24, 2.45) is 0 Å². The third-order valence-electron chi connectivity index (χ3n) is 3.85. The van der Waals surface area contributed by atoms with Gasteiger partial charge in [-0.25, -0.2) is 13.8 Å². The topological polar surface area (TPSA) is 80.9 Å². The van der Waals surface area contributed by atoms with Gasteiger partial charge in [0.1, 0.15) is 11.6 Å². The van der Waals surface area contributed by atoms with Crippen molar-refractivity contribution in [3.63, 3.8) is 0 Å². The van der Waals surface area contributed by atoms with E-state index in [1.165, 1.54) is 0 Å². The van der Waals surface area contributed by atoms with Crippen LogP contribution in [0.2, 0.25) is 0 Å². The molecule has 0 radical (unpaired) electrons. The summed E-state index contributed by atoms with van der Waals surface area (Å²) in [6.07, 6.45) is 0. The van der Waals surface area contributed by atoms with Gasteiger partial charge in [0.2, 0.25) is 0 Å². The largest absolute Gasteiger partial charge is 0.334 e. The molecule has 1 amide bonds. The molecule has 0 bridgehead atoms. The van der Waals surface area contributed by atoms with E-state index < -0.39 is 11.6 Å². The normalized spacial score (nSPS) is 10.8. The van der Waals surface area contributed by atoms with Crippen LogP contribution in [0.4, 0.5) is 13.9 Å². The van der Waals surface area contributed by atoms with Gasteiger partial charge in [0.05, 0.1) is 5.69 Å². The lowest BCUT2D eigenvalue weighted by molar-refractivity contribution is 0.102. The predicted molar refractivity (Wildman–Crippen MR) is 99.9 cm³/mol. The lowest BCUT2D eigenvalue weighted by Crippen LogP contribution is -2.11. The molecule has 0 atom stereocenters. The lowest BCUT2D eigenvalue weighted by Gasteiger charge is -2.03. The molecule has 6 nitrogen and oxygen atoms in total. The third-order valence-corrected chi connectivity index (χ3v) is 4.61. The molecule has 0 spiro atoms. The second kappa shape index (κ2) is 7.28. The Morgan fingerprint density at radius 2 is 1.89 bits per heavy atom. The summed E-state index contributed by atoms with van der Waals surface area (Å²) in [5.41, 5.74) is 1.37. The molecule has 0 aliphatic rings. The van der Waals surface area contributed by atoms with Crippen LogP contribution in [0.5, 0.6) is 0 Å². The first kappa shape index (κ1) is 17.9. The molecule has 4 rings (SSSR count). The zero-order valence-corrected chi connectivity index (χ0v) is 15.3. The van der Waals surface area contributed by atoms with Crippen LogP contribution < -0.4 is 5.32 Å². The summed E-state index contributed by atoms with van der Waals surface area (Å²) in [7, 11) is 0. The number of amides is 1. The van der Waals surface area contributed by atoms with E-state index in [0.29, 0.717) is 22.8 Å². The Balaban J connectivity index is 1.50. The van der Waals surface area contributed by atoms with Crippen LogP contribution in [0, 0.1) is 18.6 Å². The zero-order chi connectivity index (χ0) is 19.7. The quantitative estimate of drug-likeness (QED) is 0.539. The van der Waals surface area contributed by atoms with Gasteiger partial charge in [-0.05, 0) is 49.4 Å². The molecule has 0 saturated carbocycles. The number of aryl methyl sites for hydroxylation is 1.